The van der Waals surface area contributed by atoms with Crippen molar-refractivity contribution in [1.82, 2.24) is 0 Å². The topological polar surface area (TPSA) is 43.4 Å². The zero-order valence-corrected chi connectivity index (χ0v) is 7.69. The third kappa shape index (κ3) is 8.26. The summed E-state index contributed by atoms with van der Waals surface area (Å²) in [5.74, 6) is -0.415. The van der Waals surface area contributed by atoms with Crippen molar-refractivity contribution in [2.75, 3.05) is 7.11 Å². The van der Waals surface area contributed by atoms with E-state index in [4.69, 9.17) is 0 Å². The maximum Gasteiger partial charge on any atom is 0.330 e. The van der Waals surface area contributed by atoms with Crippen molar-refractivity contribution in [3.63, 3.8) is 0 Å². The first-order chi connectivity index (χ1) is 6.16. The van der Waals surface area contributed by atoms with Crippen LogP contribution in [0.25, 0.3) is 0 Å². The minimum atomic E-state index is -0.403. The molecule has 0 rings (SSSR count). The number of hydrogen-bond acceptors (Lipinski definition) is 3. The summed E-state index contributed by atoms with van der Waals surface area (Å²) in [6.45, 7) is 1.47. The predicted octanol–water partition coefficient (Wildman–Crippen LogP) is 1.42. The fraction of sp³-hybridized carbons (Fsp3) is 0.200. The van der Waals surface area contributed by atoms with E-state index in [1.54, 1.807) is 18.2 Å². The van der Waals surface area contributed by atoms with E-state index in [0.29, 0.717) is 0 Å². The Morgan fingerprint density at radius 1 is 1.00 bits per heavy atom. The summed E-state index contributed by atoms with van der Waals surface area (Å²) in [6, 6.07) is 0. The predicted molar refractivity (Wildman–Crippen MR) is 50.1 cm³/mol. The van der Waals surface area contributed by atoms with Crippen molar-refractivity contribution in [3.05, 3.63) is 36.5 Å². The van der Waals surface area contributed by atoms with E-state index in [2.05, 4.69) is 4.74 Å². The molecular formula is C10H12O3. The van der Waals surface area contributed by atoms with E-state index in [1.807, 2.05) is 0 Å². The monoisotopic (exact) mass is 180 g/mol. The number of rotatable bonds is 4. The molecule has 0 aromatic heterocycles. The van der Waals surface area contributed by atoms with E-state index < -0.39 is 5.97 Å². The molecule has 13 heavy (non-hydrogen) atoms. The Morgan fingerprint density at radius 2 is 1.54 bits per heavy atom. The average molecular weight is 180 g/mol. The highest BCUT2D eigenvalue weighted by molar-refractivity contribution is 5.87. The maximum atomic E-state index is 10.5. The Kier molecular flexibility index (Phi) is 6.15. The van der Waals surface area contributed by atoms with Crippen molar-refractivity contribution in [1.29, 1.82) is 0 Å². The number of ether oxygens (including phenoxy) is 1. The molecule has 0 unspecified atom stereocenters. The zero-order valence-electron chi connectivity index (χ0n) is 7.69. The second kappa shape index (κ2) is 7.03. The van der Waals surface area contributed by atoms with Crippen molar-refractivity contribution in [2.24, 2.45) is 0 Å². The van der Waals surface area contributed by atoms with Crippen LogP contribution in [-0.2, 0) is 14.3 Å². The normalized spacial score (nSPS) is 11.5. The van der Waals surface area contributed by atoms with Crippen LogP contribution in [0.4, 0.5) is 0 Å². The molecule has 70 valence electrons. The van der Waals surface area contributed by atoms with Gasteiger partial charge in [-0.05, 0) is 13.0 Å². The van der Waals surface area contributed by atoms with E-state index in [0.717, 1.165) is 0 Å². The molecule has 0 radical (unpaired) electrons. The molecule has 0 spiro atoms. The summed E-state index contributed by atoms with van der Waals surface area (Å²) in [6.07, 6.45) is 9.15. The van der Waals surface area contributed by atoms with Crippen molar-refractivity contribution >= 4 is 11.8 Å². The highest BCUT2D eigenvalue weighted by atomic mass is 16.5. The number of methoxy groups -OCH3 is 1. The van der Waals surface area contributed by atoms with Crippen LogP contribution in [0, 0.1) is 0 Å². The van der Waals surface area contributed by atoms with Gasteiger partial charge in [0, 0.05) is 6.08 Å². The number of esters is 1. The fourth-order valence-corrected chi connectivity index (χ4v) is 0.522. The average Bonchev–Trinajstić information content (AvgIpc) is 2.10. The van der Waals surface area contributed by atoms with Gasteiger partial charge in [0.05, 0.1) is 7.11 Å². The van der Waals surface area contributed by atoms with Crippen LogP contribution in [0.5, 0.6) is 0 Å². The molecule has 0 N–H and O–H groups in total. The van der Waals surface area contributed by atoms with Gasteiger partial charge >= 0.3 is 5.97 Å². The number of ketones is 1. The summed E-state index contributed by atoms with van der Waals surface area (Å²) >= 11 is 0. The Bertz CT molecular complexity index is 259. The van der Waals surface area contributed by atoms with Crippen molar-refractivity contribution in [3.8, 4) is 0 Å². The summed E-state index contributed by atoms with van der Waals surface area (Å²) < 4.78 is 4.36. The lowest BCUT2D eigenvalue weighted by atomic mass is 10.3. The summed E-state index contributed by atoms with van der Waals surface area (Å²) in [5.41, 5.74) is 0. The highest BCUT2D eigenvalue weighted by Gasteiger charge is 1.85. The van der Waals surface area contributed by atoms with Crippen molar-refractivity contribution in [2.45, 2.75) is 6.92 Å². The van der Waals surface area contributed by atoms with Gasteiger partial charge in [-0.2, -0.15) is 0 Å². The molecule has 3 heteroatoms. The van der Waals surface area contributed by atoms with E-state index >= 15 is 0 Å². The molecule has 0 aromatic rings. The van der Waals surface area contributed by atoms with Crippen molar-refractivity contribution < 1.29 is 14.3 Å². The molecule has 0 fully saturated rings. The summed E-state index contributed by atoms with van der Waals surface area (Å²) in [7, 11) is 1.31. The Hall–Kier alpha value is -1.64. The minimum Gasteiger partial charge on any atom is -0.466 e. The molecule has 3 nitrogen and oxygen atoms in total. The molecular weight excluding hydrogens is 168 g/mol. The lowest BCUT2D eigenvalue weighted by molar-refractivity contribution is -0.134. The lowest BCUT2D eigenvalue weighted by Crippen LogP contribution is -1.92. The Balaban J connectivity index is 3.82. The fourth-order valence-electron chi connectivity index (χ4n) is 0.522. The number of carbonyl (C=O) groups is 2. The van der Waals surface area contributed by atoms with Gasteiger partial charge in [0.25, 0.3) is 0 Å². The number of carbonyl (C=O) groups excluding carboxylic acids is 2. The largest absolute Gasteiger partial charge is 0.466 e. The van der Waals surface area contributed by atoms with Gasteiger partial charge < -0.3 is 4.74 Å². The first-order valence-corrected chi connectivity index (χ1v) is 3.76. The first-order valence-electron chi connectivity index (χ1n) is 3.76. The quantitative estimate of drug-likeness (QED) is 0.373. The van der Waals surface area contributed by atoms with Crippen LogP contribution < -0.4 is 0 Å². The summed E-state index contributed by atoms with van der Waals surface area (Å²) in [4.78, 5) is 21.0. The van der Waals surface area contributed by atoms with Gasteiger partial charge in [0.1, 0.15) is 0 Å². The third-order valence-electron chi connectivity index (χ3n) is 1.10. The summed E-state index contributed by atoms with van der Waals surface area (Å²) in [5, 5.41) is 0. The molecule has 0 aliphatic heterocycles. The van der Waals surface area contributed by atoms with Crippen LogP contribution in [0.1, 0.15) is 6.92 Å². The Morgan fingerprint density at radius 3 is 2.00 bits per heavy atom. The second-order valence-corrected chi connectivity index (χ2v) is 2.24. The third-order valence-corrected chi connectivity index (χ3v) is 1.10. The van der Waals surface area contributed by atoms with Gasteiger partial charge in [-0.3, -0.25) is 4.79 Å². The van der Waals surface area contributed by atoms with Gasteiger partial charge in [0.2, 0.25) is 0 Å². The number of hydrogen-bond donors (Lipinski definition) is 0. The van der Waals surface area contributed by atoms with E-state index in [9.17, 15) is 9.59 Å². The molecule has 0 atom stereocenters. The lowest BCUT2D eigenvalue weighted by Gasteiger charge is -1.85. The molecule has 0 aromatic carbocycles. The minimum absolute atomic E-state index is 0.0124. The SMILES string of the molecule is COC(=O)C=CC=CC=CC(C)=O. The van der Waals surface area contributed by atoms with Crippen LogP contribution in [0.2, 0.25) is 0 Å². The van der Waals surface area contributed by atoms with Crippen LogP contribution in [-0.4, -0.2) is 18.9 Å². The smallest absolute Gasteiger partial charge is 0.330 e. The van der Waals surface area contributed by atoms with Gasteiger partial charge in [0.15, 0.2) is 5.78 Å². The van der Waals surface area contributed by atoms with Crippen LogP contribution in [0.3, 0.4) is 0 Å². The zero-order chi connectivity index (χ0) is 10.1. The standard InChI is InChI=1S/C10H12O3/c1-9(11)7-5-3-4-6-8-10(12)13-2/h3-8H,1-2H3. The Labute approximate surface area is 77.4 Å². The molecule has 0 bridgehead atoms. The first kappa shape index (κ1) is 11.4. The molecule has 0 saturated carbocycles. The van der Waals surface area contributed by atoms with Crippen LogP contribution >= 0.6 is 0 Å². The van der Waals surface area contributed by atoms with Gasteiger partial charge in [-0.1, -0.05) is 24.3 Å². The van der Waals surface area contributed by atoms with E-state index in [1.165, 1.54) is 32.3 Å². The number of allylic oxidation sites excluding steroid dienone is 5. The van der Waals surface area contributed by atoms with E-state index in [-0.39, 0.29) is 5.78 Å². The molecule has 0 heterocycles. The maximum absolute atomic E-state index is 10.5. The molecule has 0 aliphatic rings. The van der Waals surface area contributed by atoms with Crippen LogP contribution in [0.15, 0.2) is 36.5 Å². The van der Waals surface area contributed by atoms with Gasteiger partial charge in [-0.25, -0.2) is 4.79 Å². The molecule has 0 amide bonds. The molecule has 0 saturated heterocycles. The highest BCUT2D eigenvalue weighted by Crippen LogP contribution is 1.83. The molecule has 0 aliphatic carbocycles. The second-order valence-electron chi connectivity index (χ2n) is 2.24. The van der Waals surface area contributed by atoms with Gasteiger partial charge in [-0.15, -0.1) is 0 Å².